The number of nitrogens with one attached hydrogen (secondary N) is 1. The molecule has 0 aromatic carbocycles. The van der Waals surface area contributed by atoms with Crippen molar-refractivity contribution in [3.05, 3.63) is 24.0 Å². The van der Waals surface area contributed by atoms with Crippen molar-refractivity contribution < 1.29 is 4.42 Å². The van der Waals surface area contributed by atoms with Gasteiger partial charge in [-0.3, -0.25) is 4.68 Å². The average molecular weight is 246 g/mol. The van der Waals surface area contributed by atoms with Gasteiger partial charge in [0, 0.05) is 32.3 Å². The minimum atomic E-state index is 0.736. The highest BCUT2D eigenvalue weighted by atomic mass is 16.4. The van der Waals surface area contributed by atoms with Crippen LogP contribution in [0.25, 0.3) is 11.3 Å². The molecule has 2 aromatic rings. The third kappa shape index (κ3) is 2.46. The quantitative estimate of drug-likeness (QED) is 0.872. The minimum Gasteiger partial charge on any atom is -0.441 e. The van der Waals surface area contributed by atoms with Crippen LogP contribution in [-0.2, 0) is 13.5 Å². The van der Waals surface area contributed by atoms with Crippen LogP contribution in [0.4, 0.5) is 0 Å². The molecule has 0 radical (unpaired) electrons. The predicted octanol–water partition coefficient (Wildman–Crippen LogP) is 1.68. The standard InChI is InChI=1S/C13H18N4O/c1-9-11(8-17(2)16-9)12-7-15-13(18-12)5-6-14-10-3-4-10/h7-8,10,14H,3-6H2,1-2H3. The summed E-state index contributed by atoms with van der Waals surface area (Å²) in [5.41, 5.74) is 1.99. The van der Waals surface area contributed by atoms with Crippen LogP contribution in [0.5, 0.6) is 0 Å². The predicted molar refractivity (Wildman–Crippen MR) is 68.2 cm³/mol. The van der Waals surface area contributed by atoms with E-state index in [2.05, 4.69) is 15.4 Å². The molecule has 1 aliphatic carbocycles. The van der Waals surface area contributed by atoms with Crippen LogP contribution in [0.1, 0.15) is 24.4 Å². The second kappa shape index (κ2) is 4.57. The summed E-state index contributed by atoms with van der Waals surface area (Å²) in [6.45, 7) is 2.92. The SMILES string of the molecule is Cc1nn(C)cc1-c1cnc(CCNC2CC2)o1. The summed E-state index contributed by atoms with van der Waals surface area (Å²) < 4.78 is 7.55. The Hall–Kier alpha value is -1.62. The van der Waals surface area contributed by atoms with Crippen LogP contribution in [-0.4, -0.2) is 27.4 Å². The molecule has 1 fully saturated rings. The molecule has 1 saturated carbocycles. The summed E-state index contributed by atoms with van der Waals surface area (Å²) in [7, 11) is 1.91. The number of aromatic nitrogens is 3. The Kier molecular flexibility index (Phi) is 2.91. The van der Waals surface area contributed by atoms with Crippen molar-refractivity contribution in [3.8, 4) is 11.3 Å². The van der Waals surface area contributed by atoms with Crippen molar-refractivity contribution in [1.29, 1.82) is 0 Å². The monoisotopic (exact) mass is 246 g/mol. The number of oxazole rings is 1. The lowest BCUT2D eigenvalue weighted by molar-refractivity contribution is 0.494. The zero-order valence-electron chi connectivity index (χ0n) is 10.8. The van der Waals surface area contributed by atoms with Crippen LogP contribution in [0.3, 0.4) is 0 Å². The van der Waals surface area contributed by atoms with Gasteiger partial charge in [0.05, 0.1) is 17.5 Å². The molecule has 96 valence electrons. The van der Waals surface area contributed by atoms with Crippen molar-refractivity contribution in [2.75, 3.05) is 6.54 Å². The maximum atomic E-state index is 5.76. The van der Waals surface area contributed by atoms with E-state index in [1.165, 1.54) is 12.8 Å². The van der Waals surface area contributed by atoms with Crippen molar-refractivity contribution >= 4 is 0 Å². The number of hydrogen-bond donors (Lipinski definition) is 1. The van der Waals surface area contributed by atoms with Crippen molar-refractivity contribution in [3.63, 3.8) is 0 Å². The summed E-state index contributed by atoms with van der Waals surface area (Å²) in [6, 6.07) is 0.736. The molecule has 0 aliphatic heterocycles. The van der Waals surface area contributed by atoms with Crippen LogP contribution < -0.4 is 5.32 Å². The number of hydrogen-bond acceptors (Lipinski definition) is 4. The Morgan fingerprint density at radius 2 is 2.33 bits per heavy atom. The van der Waals surface area contributed by atoms with Gasteiger partial charge in [-0.15, -0.1) is 0 Å². The topological polar surface area (TPSA) is 55.9 Å². The van der Waals surface area contributed by atoms with Gasteiger partial charge < -0.3 is 9.73 Å². The first kappa shape index (κ1) is 11.5. The van der Waals surface area contributed by atoms with Gasteiger partial charge in [-0.25, -0.2) is 4.98 Å². The van der Waals surface area contributed by atoms with Crippen molar-refractivity contribution in [2.24, 2.45) is 7.05 Å². The highest BCUT2D eigenvalue weighted by molar-refractivity contribution is 5.58. The highest BCUT2D eigenvalue weighted by Crippen LogP contribution is 2.23. The van der Waals surface area contributed by atoms with Gasteiger partial charge in [0.2, 0.25) is 0 Å². The molecule has 0 saturated heterocycles. The van der Waals surface area contributed by atoms with E-state index in [0.29, 0.717) is 0 Å². The first-order valence-corrected chi connectivity index (χ1v) is 6.41. The first-order valence-electron chi connectivity index (χ1n) is 6.41. The summed E-state index contributed by atoms with van der Waals surface area (Å²) in [4.78, 5) is 4.32. The Balaban J connectivity index is 1.66. The summed E-state index contributed by atoms with van der Waals surface area (Å²) in [6.07, 6.45) is 7.21. The molecule has 0 bridgehead atoms. The Morgan fingerprint density at radius 1 is 1.50 bits per heavy atom. The lowest BCUT2D eigenvalue weighted by atomic mass is 10.2. The molecule has 5 heteroatoms. The van der Waals surface area contributed by atoms with E-state index in [0.717, 1.165) is 41.9 Å². The molecule has 2 aromatic heterocycles. The fourth-order valence-corrected chi connectivity index (χ4v) is 2.06. The van der Waals surface area contributed by atoms with Gasteiger partial charge in [-0.05, 0) is 19.8 Å². The van der Waals surface area contributed by atoms with Gasteiger partial charge >= 0.3 is 0 Å². The van der Waals surface area contributed by atoms with Crippen LogP contribution in [0.2, 0.25) is 0 Å². The summed E-state index contributed by atoms with van der Waals surface area (Å²) >= 11 is 0. The molecule has 3 rings (SSSR count). The van der Waals surface area contributed by atoms with E-state index in [1.807, 2.05) is 20.2 Å². The van der Waals surface area contributed by atoms with Gasteiger partial charge in [0.15, 0.2) is 11.7 Å². The second-order valence-corrected chi connectivity index (χ2v) is 4.90. The molecular formula is C13H18N4O. The van der Waals surface area contributed by atoms with E-state index < -0.39 is 0 Å². The second-order valence-electron chi connectivity index (χ2n) is 4.90. The molecule has 0 atom stereocenters. The third-order valence-electron chi connectivity index (χ3n) is 3.18. The maximum Gasteiger partial charge on any atom is 0.196 e. The normalized spacial score (nSPS) is 15.2. The fourth-order valence-electron chi connectivity index (χ4n) is 2.06. The van der Waals surface area contributed by atoms with Gasteiger partial charge in [0.1, 0.15) is 0 Å². The first-order chi connectivity index (χ1) is 8.72. The van der Waals surface area contributed by atoms with Crippen molar-refractivity contribution in [2.45, 2.75) is 32.2 Å². The third-order valence-corrected chi connectivity index (χ3v) is 3.18. The number of nitrogens with zero attached hydrogens (tertiary/aromatic N) is 3. The molecule has 0 unspecified atom stereocenters. The minimum absolute atomic E-state index is 0.736. The Labute approximate surface area is 106 Å². The van der Waals surface area contributed by atoms with Crippen LogP contribution in [0, 0.1) is 6.92 Å². The summed E-state index contributed by atoms with van der Waals surface area (Å²) in [5, 5.41) is 7.76. The van der Waals surface area contributed by atoms with Gasteiger partial charge in [-0.1, -0.05) is 0 Å². The molecule has 1 aliphatic rings. The largest absolute Gasteiger partial charge is 0.441 e. The lowest BCUT2D eigenvalue weighted by Gasteiger charge is -1.98. The molecule has 0 amide bonds. The summed E-state index contributed by atoms with van der Waals surface area (Å²) in [5.74, 6) is 1.60. The Morgan fingerprint density at radius 3 is 3.00 bits per heavy atom. The van der Waals surface area contributed by atoms with E-state index in [1.54, 1.807) is 10.9 Å². The lowest BCUT2D eigenvalue weighted by Crippen LogP contribution is -2.19. The van der Waals surface area contributed by atoms with Crippen molar-refractivity contribution in [1.82, 2.24) is 20.1 Å². The molecule has 0 spiro atoms. The van der Waals surface area contributed by atoms with Crippen LogP contribution >= 0.6 is 0 Å². The molecule has 1 N–H and O–H groups in total. The zero-order chi connectivity index (χ0) is 12.5. The molecule has 18 heavy (non-hydrogen) atoms. The van der Waals surface area contributed by atoms with Crippen LogP contribution in [0.15, 0.2) is 16.8 Å². The smallest absolute Gasteiger partial charge is 0.196 e. The molecule has 2 heterocycles. The molecule has 5 nitrogen and oxygen atoms in total. The zero-order valence-corrected chi connectivity index (χ0v) is 10.8. The fraction of sp³-hybridized carbons (Fsp3) is 0.538. The van der Waals surface area contributed by atoms with E-state index in [9.17, 15) is 0 Å². The van der Waals surface area contributed by atoms with E-state index in [4.69, 9.17) is 4.42 Å². The highest BCUT2D eigenvalue weighted by Gasteiger charge is 2.20. The van der Waals surface area contributed by atoms with E-state index >= 15 is 0 Å². The maximum absolute atomic E-state index is 5.76. The number of aryl methyl sites for hydroxylation is 2. The Bertz CT molecular complexity index is 539. The van der Waals surface area contributed by atoms with Gasteiger partial charge in [0.25, 0.3) is 0 Å². The van der Waals surface area contributed by atoms with Gasteiger partial charge in [-0.2, -0.15) is 5.10 Å². The molecular weight excluding hydrogens is 228 g/mol. The average Bonchev–Trinajstić information content (AvgIpc) is 2.92. The number of rotatable bonds is 5. The van der Waals surface area contributed by atoms with E-state index in [-0.39, 0.29) is 0 Å².